The highest BCUT2D eigenvalue weighted by Gasteiger charge is 2.42. The summed E-state index contributed by atoms with van der Waals surface area (Å²) in [5.74, 6) is -0.277. The Bertz CT molecular complexity index is 1600. The number of hydrogen-bond donors (Lipinski definition) is 2. The standard InChI is InChI=1S/C33H37ClN6O2S/c1-6-38(7-2)23-11-13-24(14-12-23)39-21(3)18-26(22(39)4)32-31(29-10-8-9-17-35-29)37-33(43)40(32)25-15-16-28(27(34)19-25)36-30(41)20-42-5/h8-19,31-32H,6-7,20H2,1-5H3,(H,36,41)(H,37,43)/t31-,32-/m1/s1. The molecule has 1 amide bonds. The fourth-order valence-corrected chi connectivity index (χ4v) is 6.48. The third-order valence-corrected chi connectivity index (χ3v) is 8.53. The Balaban J connectivity index is 1.57. The second-order valence-electron chi connectivity index (χ2n) is 10.5. The lowest BCUT2D eigenvalue weighted by Crippen LogP contribution is -2.29. The Morgan fingerprint density at radius 3 is 2.42 bits per heavy atom. The van der Waals surface area contributed by atoms with E-state index in [1.807, 2.05) is 30.3 Å². The normalized spacial score (nSPS) is 16.3. The molecule has 10 heteroatoms. The van der Waals surface area contributed by atoms with Crippen molar-refractivity contribution in [1.82, 2.24) is 14.9 Å². The first-order valence-corrected chi connectivity index (χ1v) is 15.2. The van der Waals surface area contributed by atoms with Crippen molar-refractivity contribution in [3.05, 3.63) is 101 Å². The number of aromatic nitrogens is 2. The predicted molar refractivity (Wildman–Crippen MR) is 179 cm³/mol. The molecule has 0 spiro atoms. The van der Waals surface area contributed by atoms with Gasteiger partial charge in [-0.15, -0.1) is 0 Å². The van der Waals surface area contributed by atoms with Crippen LogP contribution in [0.2, 0.25) is 5.02 Å². The highest BCUT2D eigenvalue weighted by atomic mass is 35.5. The summed E-state index contributed by atoms with van der Waals surface area (Å²) in [5.41, 5.74) is 7.88. The molecule has 1 aliphatic rings. The fraction of sp³-hybridized carbons (Fsp3) is 0.303. The van der Waals surface area contributed by atoms with Gasteiger partial charge in [0.05, 0.1) is 28.5 Å². The maximum absolute atomic E-state index is 12.1. The summed E-state index contributed by atoms with van der Waals surface area (Å²) in [4.78, 5) is 21.2. The minimum atomic E-state index is -0.277. The Kier molecular flexibility index (Phi) is 9.34. The Morgan fingerprint density at radius 1 is 1.07 bits per heavy atom. The van der Waals surface area contributed by atoms with E-state index in [0.717, 1.165) is 47.1 Å². The van der Waals surface area contributed by atoms with Crippen molar-refractivity contribution in [2.75, 3.05) is 41.9 Å². The third-order valence-electron chi connectivity index (χ3n) is 7.90. The number of anilines is 3. The lowest BCUT2D eigenvalue weighted by Gasteiger charge is -2.28. The number of methoxy groups -OCH3 is 1. The van der Waals surface area contributed by atoms with Gasteiger partial charge in [0.1, 0.15) is 6.61 Å². The van der Waals surface area contributed by atoms with Gasteiger partial charge in [0.15, 0.2) is 5.11 Å². The summed E-state index contributed by atoms with van der Waals surface area (Å²) in [5, 5.41) is 7.30. The van der Waals surface area contributed by atoms with Gasteiger partial charge in [-0.2, -0.15) is 0 Å². The van der Waals surface area contributed by atoms with Crippen LogP contribution in [0, 0.1) is 13.8 Å². The summed E-state index contributed by atoms with van der Waals surface area (Å²) in [6.07, 6.45) is 1.80. The highest BCUT2D eigenvalue weighted by Crippen LogP contribution is 2.44. The molecular formula is C33H37ClN6O2S. The molecule has 1 aliphatic heterocycles. The van der Waals surface area contributed by atoms with Crippen LogP contribution in [0.4, 0.5) is 17.1 Å². The Morgan fingerprint density at radius 2 is 1.79 bits per heavy atom. The molecule has 43 heavy (non-hydrogen) atoms. The van der Waals surface area contributed by atoms with Crippen molar-refractivity contribution < 1.29 is 9.53 Å². The topological polar surface area (TPSA) is 74.7 Å². The van der Waals surface area contributed by atoms with E-state index in [2.05, 4.69) is 83.0 Å². The number of carbonyl (C=O) groups is 1. The lowest BCUT2D eigenvalue weighted by atomic mass is 9.96. The van der Waals surface area contributed by atoms with Crippen LogP contribution in [0.15, 0.2) is 72.9 Å². The summed E-state index contributed by atoms with van der Waals surface area (Å²) >= 11 is 12.6. The average Bonchev–Trinajstić information content (AvgIpc) is 3.50. The first-order valence-electron chi connectivity index (χ1n) is 14.4. The van der Waals surface area contributed by atoms with Crippen LogP contribution in [-0.2, 0) is 9.53 Å². The number of aryl methyl sites for hydroxylation is 1. The molecular weight excluding hydrogens is 580 g/mol. The summed E-state index contributed by atoms with van der Waals surface area (Å²) in [6.45, 7) is 10.5. The van der Waals surface area contributed by atoms with Crippen LogP contribution < -0.4 is 20.4 Å². The molecule has 2 atom stereocenters. The van der Waals surface area contributed by atoms with Gasteiger partial charge in [0.2, 0.25) is 5.91 Å². The van der Waals surface area contributed by atoms with Gasteiger partial charge >= 0.3 is 0 Å². The van der Waals surface area contributed by atoms with E-state index in [-0.39, 0.29) is 24.6 Å². The molecule has 0 aliphatic carbocycles. The van der Waals surface area contributed by atoms with Crippen molar-refractivity contribution in [1.29, 1.82) is 0 Å². The second kappa shape index (κ2) is 13.2. The number of thiocarbonyl (C=S) groups is 1. The lowest BCUT2D eigenvalue weighted by molar-refractivity contribution is -0.119. The molecule has 3 heterocycles. The van der Waals surface area contributed by atoms with E-state index >= 15 is 0 Å². The van der Waals surface area contributed by atoms with Crippen molar-refractivity contribution in [3.8, 4) is 5.69 Å². The maximum Gasteiger partial charge on any atom is 0.250 e. The zero-order valence-electron chi connectivity index (χ0n) is 25.1. The van der Waals surface area contributed by atoms with E-state index in [4.69, 9.17) is 33.5 Å². The minimum Gasteiger partial charge on any atom is -0.375 e. The van der Waals surface area contributed by atoms with Crippen LogP contribution >= 0.6 is 23.8 Å². The molecule has 0 radical (unpaired) electrons. The fourth-order valence-electron chi connectivity index (χ4n) is 5.91. The number of amides is 1. The first-order chi connectivity index (χ1) is 20.8. The van der Waals surface area contributed by atoms with Crippen LogP contribution in [0.25, 0.3) is 5.69 Å². The number of rotatable bonds is 10. The molecule has 224 valence electrons. The van der Waals surface area contributed by atoms with Crippen LogP contribution in [0.5, 0.6) is 0 Å². The van der Waals surface area contributed by atoms with E-state index in [1.165, 1.54) is 12.8 Å². The van der Waals surface area contributed by atoms with Crippen molar-refractivity contribution in [3.63, 3.8) is 0 Å². The molecule has 1 fully saturated rings. The average molecular weight is 617 g/mol. The monoisotopic (exact) mass is 616 g/mol. The number of benzene rings is 2. The quantitative estimate of drug-likeness (QED) is 0.191. The molecule has 1 saturated heterocycles. The number of nitrogens with zero attached hydrogens (tertiary/aromatic N) is 4. The maximum atomic E-state index is 12.1. The van der Waals surface area contributed by atoms with Crippen LogP contribution in [-0.4, -0.2) is 47.4 Å². The molecule has 2 N–H and O–H groups in total. The van der Waals surface area contributed by atoms with Crippen molar-refractivity contribution in [2.45, 2.75) is 39.8 Å². The second-order valence-corrected chi connectivity index (χ2v) is 11.3. The molecule has 2 aromatic heterocycles. The number of ether oxygens (including phenoxy) is 1. The van der Waals surface area contributed by atoms with Gasteiger partial charge in [-0.1, -0.05) is 17.7 Å². The Labute approximate surface area is 263 Å². The van der Waals surface area contributed by atoms with Crippen molar-refractivity contribution >= 4 is 51.9 Å². The molecule has 2 aromatic carbocycles. The van der Waals surface area contributed by atoms with Gasteiger partial charge in [-0.3, -0.25) is 9.78 Å². The first kappa shape index (κ1) is 30.5. The minimum absolute atomic E-state index is 0.0557. The third kappa shape index (κ3) is 6.11. The predicted octanol–water partition coefficient (Wildman–Crippen LogP) is 6.75. The largest absolute Gasteiger partial charge is 0.375 e. The highest BCUT2D eigenvalue weighted by molar-refractivity contribution is 7.80. The van der Waals surface area contributed by atoms with Crippen LogP contribution in [0.1, 0.15) is 48.6 Å². The molecule has 4 aromatic rings. The zero-order valence-corrected chi connectivity index (χ0v) is 26.7. The van der Waals surface area contributed by atoms with E-state index in [1.54, 1.807) is 12.3 Å². The number of carbonyl (C=O) groups excluding carboxylic acids is 1. The van der Waals surface area contributed by atoms with Gasteiger partial charge < -0.3 is 29.7 Å². The molecule has 0 unspecified atom stereocenters. The number of nitrogens with one attached hydrogen (secondary N) is 2. The summed E-state index contributed by atoms with van der Waals surface area (Å²) in [7, 11) is 1.47. The SMILES string of the molecule is CCN(CC)c1ccc(-n2c(C)cc([C@@H]3[C@@H](c4ccccn4)NC(=S)N3c3ccc(NC(=O)COC)c(Cl)c3)c2C)cc1. The van der Waals surface area contributed by atoms with Gasteiger partial charge in [-0.05, 0) is 106 Å². The van der Waals surface area contributed by atoms with Gasteiger partial charge in [0, 0.05) is 54.8 Å². The molecule has 8 nitrogen and oxygen atoms in total. The molecule has 0 bridgehead atoms. The zero-order chi connectivity index (χ0) is 30.7. The van der Waals surface area contributed by atoms with Crippen LogP contribution in [0.3, 0.4) is 0 Å². The Hall–Kier alpha value is -3.92. The molecule has 0 saturated carbocycles. The smallest absolute Gasteiger partial charge is 0.250 e. The number of halogens is 1. The van der Waals surface area contributed by atoms with Gasteiger partial charge in [-0.25, -0.2) is 0 Å². The number of hydrogen-bond acceptors (Lipinski definition) is 5. The van der Waals surface area contributed by atoms with Gasteiger partial charge in [0.25, 0.3) is 0 Å². The van der Waals surface area contributed by atoms with Crippen molar-refractivity contribution in [2.24, 2.45) is 0 Å². The summed E-state index contributed by atoms with van der Waals surface area (Å²) in [6, 6.07) is 22.0. The summed E-state index contributed by atoms with van der Waals surface area (Å²) < 4.78 is 7.22. The van der Waals surface area contributed by atoms with E-state index in [9.17, 15) is 4.79 Å². The molecule has 5 rings (SSSR count). The van der Waals surface area contributed by atoms with E-state index < -0.39 is 0 Å². The number of pyridine rings is 1. The van der Waals surface area contributed by atoms with E-state index in [0.29, 0.717) is 15.8 Å².